The molecule has 4 nitrogen and oxygen atoms in total. The first kappa shape index (κ1) is 48.4. The molecule has 0 aliphatic carbocycles. The molecule has 0 spiro atoms. The second-order valence-corrected chi connectivity index (χ2v) is 40.8. The summed E-state index contributed by atoms with van der Waals surface area (Å²) in [4.78, 5) is 13.8. The summed E-state index contributed by atoms with van der Waals surface area (Å²) in [6, 6.07) is 31.0. The van der Waals surface area contributed by atoms with Gasteiger partial charge >= 0.3 is 315 Å². The van der Waals surface area contributed by atoms with Gasteiger partial charge < -0.3 is 0 Å². The fourth-order valence-corrected chi connectivity index (χ4v) is 28.3. The second-order valence-electron chi connectivity index (χ2n) is 18.7. The van der Waals surface area contributed by atoms with Crippen LogP contribution in [0, 0.1) is 0 Å². The fraction of sp³-hybridized carbons (Fsp3) is 0.571. The van der Waals surface area contributed by atoms with E-state index in [9.17, 15) is 4.79 Å². The Balaban J connectivity index is 2.03. The van der Waals surface area contributed by atoms with E-state index >= 15 is 0 Å². The van der Waals surface area contributed by atoms with E-state index in [2.05, 4.69) is 146 Å². The zero-order chi connectivity index (χ0) is 41.3. The molecule has 0 amide bonds. The van der Waals surface area contributed by atoms with Gasteiger partial charge in [-0.15, -0.1) is 0 Å². The van der Waals surface area contributed by atoms with E-state index in [1.807, 2.05) is 30.3 Å². The molecular weight excluding hydrogens is 827 g/mol. The van der Waals surface area contributed by atoms with Crippen LogP contribution in [0.3, 0.4) is 0 Å². The van der Waals surface area contributed by atoms with Crippen LogP contribution in [0.1, 0.15) is 130 Å². The summed E-state index contributed by atoms with van der Waals surface area (Å²) in [5, 5.41) is 2.43. The Morgan fingerprint density at radius 3 is 1.57 bits per heavy atom. The summed E-state index contributed by atoms with van der Waals surface area (Å²) in [6.07, 6.45) is 12.1. The monoisotopic (exact) mass is 906 g/mol. The van der Waals surface area contributed by atoms with Crippen molar-refractivity contribution in [3.63, 3.8) is 0 Å². The van der Waals surface area contributed by atoms with Crippen LogP contribution in [-0.2, 0) is 13.6 Å². The first-order chi connectivity index (χ1) is 26.5. The average molecular weight is 906 g/mol. The van der Waals surface area contributed by atoms with E-state index in [1.165, 1.54) is 62.2 Å². The molecule has 7 heteroatoms. The first-order valence-corrected chi connectivity index (χ1v) is 34.4. The Morgan fingerprint density at radius 2 is 1.14 bits per heavy atom. The quantitative estimate of drug-likeness (QED) is 0.0664. The molecule has 2 atom stereocenters. The maximum atomic E-state index is 13.8. The number of carbonyl (C=O) groups is 1. The third-order valence-electron chi connectivity index (χ3n) is 12.2. The number of carbonyl (C=O) groups excluding carboxylic acids is 1. The van der Waals surface area contributed by atoms with Gasteiger partial charge in [0.25, 0.3) is 0 Å². The number of benzene rings is 3. The normalized spacial score (nSPS) is 14.2. The van der Waals surface area contributed by atoms with Crippen LogP contribution < -0.4 is 10.4 Å². The molecule has 0 radical (unpaired) electrons. The summed E-state index contributed by atoms with van der Waals surface area (Å²) >= 11 is -2.51. The molecule has 0 saturated heterocycles. The van der Waals surface area contributed by atoms with E-state index in [-0.39, 0.29) is 28.3 Å². The van der Waals surface area contributed by atoms with Gasteiger partial charge in [-0.1, -0.05) is 36.4 Å². The van der Waals surface area contributed by atoms with Crippen molar-refractivity contribution >= 4 is 51.4 Å². The molecule has 0 aromatic heterocycles. The van der Waals surface area contributed by atoms with Crippen molar-refractivity contribution in [2.45, 2.75) is 169 Å². The van der Waals surface area contributed by atoms with Gasteiger partial charge in [0.15, 0.2) is 0 Å². The van der Waals surface area contributed by atoms with Crippen molar-refractivity contribution in [3.8, 4) is 0 Å². The predicted octanol–water partition coefficient (Wildman–Crippen LogP) is 13.3. The zero-order valence-electron chi connectivity index (χ0n) is 37.3. The van der Waals surface area contributed by atoms with Gasteiger partial charge in [-0.3, -0.25) is 0 Å². The van der Waals surface area contributed by atoms with Crippen LogP contribution in [0.15, 0.2) is 101 Å². The Labute approximate surface area is 349 Å². The topological polar surface area (TPSA) is 44.8 Å². The van der Waals surface area contributed by atoms with Crippen LogP contribution in [0.5, 0.6) is 0 Å². The third-order valence-corrected chi connectivity index (χ3v) is 36.0. The molecule has 3 aromatic carbocycles. The van der Waals surface area contributed by atoms with Crippen molar-refractivity contribution in [3.05, 3.63) is 107 Å². The predicted molar refractivity (Wildman–Crippen MR) is 249 cm³/mol. The van der Waals surface area contributed by atoms with E-state index < -0.39 is 35.0 Å². The fourth-order valence-electron chi connectivity index (χ4n) is 7.88. The summed E-state index contributed by atoms with van der Waals surface area (Å²) in [5.74, 6) is -0.281. The number of hydrogen-bond donors (Lipinski definition) is 0. The van der Waals surface area contributed by atoms with Crippen molar-refractivity contribution in [2.24, 2.45) is 0 Å². The second kappa shape index (κ2) is 23.0. The van der Waals surface area contributed by atoms with E-state index in [4.69, 9.17) is 13.6 Å². The standard InChI is InChI=1S/C37H51O4Si2.3C4H9.Sn/c1-10-20-32(41-42(8,9)36(2,3)4)29-31(40-35(38)30-21-14-11-15-22-30)27-28-39-43(37(5,6)7,33-23-16-12-17-24-33)34-25-18-13-19-26-34;3*1-3-4-2;/h1,10-19,21-26,31-32H,20,27-29H2,2-9H3;3*1,3-4H2,2H3;/t31-,32+;;;;/m1..../s1. The van der Waals surface area contributed by atoms with E-state index in [0.29, 0.717) is 25.0 Å². The number of ether oxygens (including phenoxy) is 1. The van der Waals surface area contributed by atoms with Gasteiger partial charge in [0.1, 0.15) is 0 Å². The van der Waals surface area contributed by atoms with Crippen LogP contribution in [0.4, 0.5) is 0 Å². The molecule has 3 rings (SSSR count). The molecule has 0 saturated carbocycles. The SMILES string of the molecule is CCC[CH2][Sn](/[CH]=C/C[C@@H](C[C@@H](CCO[Si](c1ccccc1)(c1ccccc1)C(C)(C)C)OC(=O)c1ccccc1)O[Si](C)(C)C(C)(C)C)([CH2]CCC)[CH2]CCC. The van der Waals surface area contributed by atoms with E-state index in [1.54, 1.807) is 0 Å². The van der Waals surface area contributed by atoms with Gasteiger partial charge in [0.2, 0.25) is 0 Å². The minimum absolute atomic E-state index is 0.0545. The van der Waals surface area contributed by atoms with Gasteiger partial charge in [0.05, 0.1) is 0 Å². The number of rotatable bonds is 24. The summed E-state index contributed by atoms with van der Waals surface area (Å²) in [7, 11) is -4.92. The van der Waals surface area contributed by atoms with Crippen molar-refractivity contribution < 1.29 is 18.4 Å². The van der Waals surface area contributed by atoms with Crippen LogP contribution in [0.25, 0.3) is 0 Å². The first-order valence-electron chi connectivity index (χ1n) is 21.9. The molecule has 0 aliphatic rings. The molecule has 56 heavy (non-hydrogen) atoms. The Morgan fingerprint density at radius 1 is 0.679 bits per heavy atom. The maximum absolute atomic E-state index is 13.8. The number of esters is 1. The third kappa shape index (κ3) is 14.1. The van der Waals surface area contributed by atoms with Crippen molar-refractivity contribution in [2.75, 3.05) is 6.61 Å². The van der Waals surface area contributed by atoms with Crippen LogP contribution in [0.2, 0.25) is 36.5 Å². The summed E-state index contributed by atoms with van der Waals surface area (Å²) in [5.41, 5.74) is 0.578. The zero-order valence-corrected chi connectivity index (χ0v) is 42.1. The minimum atomic E-state index is -2.77. The molecule has 0 N–H and O–H groups in total. The summed E-state index contributed by atoms with van der Waals surface area (Å²) < 4.78 is 28.3. The van der Waals surface area contributed by atoms with E-state index in [0.717, 1.165) is 6.42 Å². The Bertz CT molecular complexity index is 1500. The molecule has 0 aliphatic heterocycles. The van der Waals surface area contributed by atoms with Crippen molar-refractivity contribution in [1.82, 2.24) is 0 Å². The van der Waals surface area contributed by atoms with Gasteiger partial charge in [-0.05, 0) is 0 Å². The molecule has 0 heterocycles. The molecule has 0 unspecified atom stereocenters. The molecule has 0 bridgehead atoms. The Kier molecular flexibility index (Phi) is 19.9. The molecular formula is C49H78O4Si2Sn. The Hall–Kier alpha value is -1.98. The van der Waals surface area contributed by atoms with Crippen LogP contribution >= 0.6 is 0 Å². The van der Waals surface area contributed by atoms with Gasteiger partial charge in [0, 0.05) is 0 Å². The molecule has 310 valence electrons. The molecule has 3 aromatic rings. The van der Waals surface area contributed by atoms with Crippen LogP contribution in [-0.4, -0.2) is 59.8 Å². The van der Waals surface area contributed by atoms with Crippen molar-refractivity contribution in [1.29, 1.82) is 0 Å². The number of unbranched alkanes of at least 4 members (excludes halogenated alkanes) is 3. The summed E-state index contributed by atoms with van der Waals surface area (Å²) in [6.45, 7) is 26.1. The van der Waals surface area contributed by atoms with Gasteiger partial charge in [-0.25, -0.2) is 0 Å². The average Bonchev–Trinajstić information content (AvgIpc) is 3.16. The number of hydrogen-bond acceptors (Lipinski definition) is 4. The van der Waals surface area contributed by atoms with Gasteiger partial charge in [-0.2, -0.15) is 0 Å². The molecule has 0 fully saturated rings.